The molecule has 0 aliphatic heterocycles. The van der Waals surface area contributed by atoms with E-state index in [1.807, 2.05) is 0 Å². The maximum Gasteiger partial charge on any atom is 0.335 e. The molecule has 7 heteroatoms. The van der Waals surface area contributed by atoms with Crippen molar-refractivity contribution in [3.63, 3.8) is 0 Å². The molecule has 0 spiro atoms. The summed E-state index contributed by atoms with van der Waals surface area (Å²) in [7, 11) is -3.39. The molecule has 0 bridgehead atoms. The van der Waals surface area contributed by atoms with Gasteiger partial charge in [0, 0.05) is 5.56 Å². The molecule has 0 unspecified atom stereocenters. The van der Waals surface area contributed by atoms with Gasteiger partial charge in [0.2, 0.25) is 0 Å². The van der Waals surface area contributed by atoms with Crippen LogP contribution in [0.25, 0.3) is 0 Å². The van der Waals surface area contributed by atoms with E-state index in [4.69, 9.17) is 13.5 Å². The third-order valence-electron chi connectivity index (χ3n) is 2.42. The molecule has 0 aliphatic rings. The normalized spacial score (nSPS) is 11.5. The molecule has 0 amide bonds. The molecular formula is C12H17O6P. The van der Waals surface area contributed by atoms with Gasteiger partial charge in [0.1, 0.15) is 6.26 Å². The van der Waals surface area contributed by atoms with Crippen molar-refractivity contribution < 1.29 is 27.6 Å². The van der Waals surface area contributed by atoms with Crippen LogP contribution >= 0.6 is 7.60 Å². The van der Waals surface area contributed by atoms with Gasteiger partial charge in [0.05, 0.1) is 24.9 Å². The summed E-state index contributed by atoms with van der Waals surface area (Å²) in [4.78, 5) is 22.3. The van der Waals surface area contributed by atoms with Crippen LogP contribution in [0, 0.1) is 0 Å². The maximum atomic E-state index is 12.4. The molecule has 19 heavy (non-hydrogen) atoms. The first-order chi connectivity index (χ1) is 8.97. The zero-order chi connectivity index (χ0) is 14.5. The lowest BCUT2D eigenvalue weighted by Gasteiger charge is -2.16. The van der Waals surface area contributed by atoms with Crippen LogP contribution in [-0.2, 0) is 19.8 Å². The lowest BCUT2D eigenvalue weighted by atomic mass is 10.1. The number of hydrogen-bond acceptors (Lipinski definition) is 6. The van der Waals surface area contributed by atoms with Crippen molar-refractivity contribution in [3.8, 4) is 0 Å². The number of hydrogen-bond donors (Lipinski definition) is 0. The van der Waals surface area contributed by atoms with Crippen molar-refractivity contribution in [2.45, 2.75) is 26.9 Å². The summed E-state index contributed by atoms with van der Waals surface area (Å²) in [5, 5.41) is 0. The van der Waals surface area contributed by atoms with Crippen LogP contribution in [0.4, 0.5) is 0 Å². The molecule has 0 aliphatic carbocycles. The van der Waals surface area contributed by atoms with E-state index in [2.05, 4.69) is 0 Å². The first kappa shape index (κ1) is 15.8. The summed E-state index contributed by atoms with van der Waals surface area (Å²) in [6.07, 6.45) is 1.50. The van der Waals surface area contributed by atoms with Crippen LogP contribution in [0.2, 0.25) is 0 Å². The molecular weight excluding hydrogens is 271 g/mol. The first-order valence-electron chi connectivity index (χ1n) is 5.92. The molecule has 6 nitrogen and oxygen atoms in total. The van der Waals surface area contributed by atoms with Crippen LogP contribution in [0.1, 0.15) is 47.2 Å². The van der Waals surface area contributed by atoms with Gasteiger partial charge in [-0.2, -0.15) is 0 Å². The largest absolute Gasteiger partial charge is 0.460 e. The van der Waals surface area contributed by atoms with E-state index in [0.717, 1.165) is 0 Å². The van der Waals surface area contributed by atoms with Gasteiger partial charge in [-0.05, 0) is 20.8 Å². The Balaban J connectivity index is 3.14. The number of aldehydes is 1. The van der Waals surface area contributed by atoms with Crippen LogP contribution in [0.5, 0.6) is 0 Å². The molecule has 1 rings (SSSR count). The maximum absolute atomic E-state index is 12.4. The Morgan fingerprint density at radius 1 is 1.37 bits per heavy atom. The van der Waals surface area contributed by atoms with Gasteiger partial charge < -0.3 is 13.5 Å². The van der Waals surface area contributed by atoms with E-state index >= 15 is 0 Å². The summed E-state index contributed by atoms with van der Waals surface area (Å²) >= 11 is 0. The van der Waals surface area contributed by atoms with E-state index in [1.165, 1.54) is 13.2 Å². The zero-order valence-corrected chi connectivity index (χ0v) is 12.1. The second-order valence-electron chi connectivity index (χ2n) is 3.77. The van der Waals surface area contributed by atoms with Crippen molar-refractivity contribution in [2.75, 3.05) is 13.2 Å². The summed E-state index contributed by atoms with van der Waals surface area (Å²) in [5.74, 6) is -0.295. The minimum atomic E-state index is -3.39. The Kier molecular flexibility index (Phi) is 5.66. The highest BCUT2D eigenvalue weighted by molar-refractivity contribution is 7.53. The Morgan fingerprint density at radius 2 is 1.95 bits per heavy atom. The number of Topliss-reactive ketones (excluding diaryl/α,β-unsaturated/α-hetero) is 1. The highest BCUT2D eigenvalue weighted by Gasteiger charge is 2.29. The van der Waals surface area contributed by atoms with Gasteiger partial charge in [-0.3, -0.25) is 14.2 Å². The molecule has 1 aromatic heterocycles. The van der Waals surface area contributed by atoms with Crippen LogP contribution in [-0.4, -0.2) is 25.3 Å². The Labute approximate surface area is 111 Å². The number of carbonyl (C=O) groups excluding carboxylic acids is 2. The zero-order valence-electron chi connectivity index (χ0n) is 11.2. The number of rotatable bonds is 8. The molecule has 1 aromatic rings. The third-order valence-corrected chi connectivity index (χ3v) is 4.42. The Bertz CT molecular complexity index is 494. The van der Waals surface area contributed by atoms with Gasteiger partial charge in [-0.1, -0.05) is 0 Å². The number of ketones is 1. The molecule has 0 saturated carbocycles. The summed E-state index contributed by atoms with van der Waals surface area (Å²) in [5.41, 5.74) is 0.495. The molecule has 1 heterocycles. The summed E-state index contributed by atoms with van der Waals surface area (Å²) in [6.45, 7) is 5.14. The minimum Gasteiger partial charge on any atom is -0.460 e. The number of carbonyl (C=O) groups is 2. The van der Waals surface area contributed by atoms with Gasteiger partial charge >= 0.3 is 7.60 Å². The van der Waals surface area contributed by atoms with E-state index in [-0.39, 0.29) is 42.0 Å². The van der Waals surface area contributed by atoms with Gasteiger partial charge in [0.25, 0.3) is 0 Å². The predicted molar refractivity (Wildman–Crippen MR) is 68.7 cm³/mol. The molecule has 106 valence electrons. The Morgan fingerprint density at radius 3 is 2.37 bits per heavy atom. The van der Waals surface area contributed by atoms with Gasteiger partial charge in [-0.15, -0.1) is 0 Å². The highest BCUT2D eigenvalue weighted by atomic mass is 31.2. The second-order valence-corrected chi connectivity index (χ2v) is 5.83. The molecule has 0 atom stereocenters. The number of furan rings is 1. The van der Waals surface area contributed by atoms with Gasteiger partial charge in [0.15, 0.2) is 17.8 Å². The Hall–Kier alpha value is -1.23. The molecule has 0 saturated heterocycles. The van der Waals surface area contributed by atoms with Crippen molar-refractivity contribution in [1.82, 2.24) is 0 Å². The van der Waals surface area contributed by atoms with Crippen molar-refractivity contribution >= 4 is 19.7 Å². The average molecular weight is 288 g/mol. The summed E-state index contributed by atoms with van der Waals surface area (Å²) in [6, 6.07) is 0. The van der Waals surface area contributed by atoms with E-state index in [1.54, 1.807) is 13.8 Å². The second kappa shape index (κ2) is 6.80. The molecule has 0 radical (unpaired) electrons. The summed E-state index contributed by atoms with van der Waals surface area (Å²) < 4.78 is 27.7. The van der Waals surface area contributed by atoms with E-state index < -0.39 is 7.60 Å². The first-order valence-corrected chi connectivity index (χ1v) is 7.64. The fourth-order valence-corrected chi connectivity index (χ4v) is 3.43. The van der Waals surface area contributed by atoms with Crippen molar-refractivity contribution in [3.05, 3.63) is 23.2 Å². The van der Waals surface area contributed by atoms with Crippen molar-refractivity contribution in [1.29, 1.82) is 0 Å². The predicted octanol–water partition coefficient (Wildman–Crippen LogP) is 3.06. The quantitative estimate of drug-likeness (QED) is 0.415. The van der Waals surface area contributed by atoms with E-state index in [0.29, 0.717) is 6.29 Å². The molecule has 0 fully saturated rings. The lowest BCUT2D eigenvalue weighted by molar-refractivity contribution is 0.101. The SMILES string of the molecule is CCOP(=O)(Cc1c(C(C)=O)coc1C=O)OCC. The van der Waals surface area contributed by atoms with Crippen LogP contribution < -0.4 is 0 Å². The van der Waals surface area contributed by atoms with Gasteiger partial charge in [-0.25, -0.2) is 0 Å². The fraction of sp³-hybridized carbons (Fsp3) is 0.500. The fourth-order valence-electron chi connectivity index (χ4n) is 1.67. The third kappa shape index (κ3) is 3.86. The van der Waals surface area contributed by atoms with E-state index in [9.17, 15) is 14.2 Å². The average Bonchev–Trinajstić information content (AvgIpc) is 2.72. The van der Waals surface area contributed by atoms with Crippen LogP contribution in [0.3, 0.4) is 0 Å². The van der Waals surface area contributed by atoms with Crippen LogP contribution in [0.15, 0.2) is 10.7 Å². The minimum absolute atomic E-state index is 0.0233. The standard InChI is InChI=1S/C12H17O6P/c1-4-17-19(15,18-5-2)8-11-10(9(3)14)7-16-12(11)6-13/h6-7H,4-5,8H2,1-3H3. The topological polar surface area (TPSA) is 82.8 Å². The molecule has 0 aromatic carbocycles. The smallest absolute Gasteiger partial charge is 0.335 e. The lowest BCUT2D eigenvalue weighted by Crippen LogP contribution is -2.03. The van der Waals surface area contributed by atoms with Crippen molar-refractivity contribution in [2.24, 2.45) is 0 Å². The highest BCUT2D eigenvalue weighted by Crippen LogP contribution is 2.52. The monoisotopic (exact) mass is 288 g/mol. The molecule has 0 N–H and O–H groups in total.